The highest BCUT2D eigenvalue weighted by Crippen LogP contribution is 2.24. The maximum atomic E-state index is 6.47. The summed E-state index contributed by atoms with van der Waals surface area (Å²) in [5.41, 5.74) is 0. The van der Waals surface area contributed by atoms with E-state index in [4.69, 9.17) is 12.7 Å². The maximum absolute atomic E-state index is 6.47. The Hall–Kier alpha value is 0.271. The standard InChI is InChI=1S/C14H34O3Si3/c1-9-11-12-13-14-18(3,4)16-20(7,8)17-19(5,6)15-10-2/h9H,1,10-14H2,2-8H3. The first-order valence-corrected chi connectivity index (χ1v) is 16.4. The summed E-state index contributed by atoms with van der Waals surface area (Å²) in [6, 6.07) is 1.19. The molecule has 0 aromatic rings. The predicted octanol–water partition coefficient (Wildman–Crippen LogP) is 5.02. The van der Waals surface area contributed by atoms with Crippen LogP contribution in [0, 0.1) is 0 Å². The van der Waals surface area contributed by atoms with Crippen molar-refractivity contribution in [2.45, 2.75) is 71.5 Å². The third kappa shape index (κ3) is 10.1. The summed E-state index contributed by atoms with van der Waals surface area (Å²) < 4.78 is 18.5. The van der Waals surface area contributed by atoms with Crippen molar-refractivity contribution in [2.24, 2.45) is 0 Å². The van der Waals surface area contributed by atoms with Crippen molar-refractivity contribution in [2.75, 3.05) is 6.61 Å². The number of hydrogen-bond acceptors (Lipinski definition) is 3. The zero-order valence-corrected chi connectivity index (χ0v) is 17.5. The van der Waals surface area contributed by atoms with E-state index in [1.807, 2.05) is 13.0 Å². The van der Waals surface area contributed by atoms with Gasteiger partial charge in [-0.05, 0) is 58.7 Å². The second-order valence-corrected chi connectivity index (χ2v) is 18.3. The fourth-order valence-corrected chi connectivity index (χ4v) is 15.6. The third-order valence-electron chi connectivity index (χ3n) is 2.94. The van der Waals surface area contributed by atoms with Crippen LogP contribution in [-0.4, -0.2) is 32.0 Å². The molecule has 0 bridgehead atoms. The van der Waals surface area contributed by atoms with Crippen molar-refractivity contribution < 1.29 is 12.7 Å². The van der Waals surface area contributed by atoms with Gasteiger partial charge >= 0.3 is 17.1 Å². The summed E-state index contributed by atoms with van der Waals surface area (Å²) in [5, 5.41) is 0. The molecular formula is C14H34O3Si3. The Morgan fingerprint density at radius 3 is 2.00 bits per heavy atom. The summed E-state index contributed by atoms with van der Waals surface area (Å²) in [7, 11) is -5.78. The molecule has 120 valence electrons. The van der Waals surface area contributed by atoms with Crippen molar-refractivity contribution in [3.8, 4) is 0 Å². The molecule has 0 heterocycles. The molecular weight excluding hydrogens is 300 g/mol. The summed E-state index contributed by atoms with van der Waals surface area (Å²) in [4.78, 5) is 0. The van der Waals surface area contributed by atoms with Crippen LogP contribution in [0.5, 0.6) is 0 Å². The van der Waals surface area contributed by atoms with Crippen molar-refractivity contribution in [3.63, 3.8) is 0 Å². The molecule has 6 heteroatoms. The van der Waals surface area contributed by atoms with Crippen LogP contribution in [0.15, 0.2) is 12.7 Å². The van der Waals surface area contributed by atoms with Crippen LogP contribution in [0.4, 0.5) is 0 Å². The highest BCUT2D eigenvalue weighted by atomic mass is 28.5. The smallest absolute Gasteiger partial charge is 0.322 e. The average molecular weight is 335 g/mol. The first-order chi connectivity index (χ1) is 9.04. The van der Waals surface area contributed by atoms with Gasteiger partial charge in [-0.25, -0.2) is 0 Å². The molecule has 3 nitrogen and oxygen atoms in total. The van der Waals surface area contributed by atoms with E-state index in [-0.39, 0.29) is 0 Å². The number of rotatable bonds is 11. The Morgan fingerprint density at radius 1 is 0.900 bits per heavy atom. The van der Waals surface area contributed by atoms with E-state index in [0.29, 0.717) is 6.61 Å². The summed E-state index contributed by atoms with van der Waals surface area (Å²) >= 11 is 0. The SMILES string of the molecule is C=CCCCC[Si](C)(C)O[Si](C)(C)O[Si](C)(C)OCC. The lowest BCUT2D eigenvalue weighted by molar-refractivity contribution is 0.242. The van der Waals surface area contributed by atoms with Gasteiger partial charge in [-0.15, -0.1) is 6.58 Å². The van der Waals surface area contributed by atoms with Gasteiger partial charge in [-0.2, -0.15) is 0 Å². The van der Waals surface area contributed by atoms with Crippen molar-refractivity contribution in [1.82, 2.24) is 0 Å². The van der Waals surface area contributed by atoms with Crippen LogP contribution in [-0.2, 0) is 12.7 Å². The van der Waals surface area contributed by atoms with Gasteiger partial charge in [-0.3, -0.25) is 0 Å². The Balaban J connectivity index is 4.37. The minimum absolute atomic E-state index is 0.714. The summed E-state index contributed by atoms with van der Waals surface area (Å²) in [6.45, 7) is 19.6. The average Bonchev–Trinajstić information content (AvgIpc) is 2.20. The van der Waals surface area contributed by atoms with Gasteiger partial charge in [0.2, 0.25) is 0 Å². The molecule has 0 N–H and O–H groups in total. The zero-order chi connectivity index (χ0) is 15.9. The second kappa shape index (κ2) is 8.65. The number of allylic oxidation sites excluding steroid dienone is 1. The Bertz CT molecular complexity index is 291. The fourth-order valence-electron chi connectivity index (χ4n) is 2.55. The molecule has 0 rings (SSSR count). The van der Waals surface area contributed by atoms with Crippen molar-refractivity contribution >= 4 is 25.4 Å². The van der Waals surface area contributed by atoms with Crippen LogP contribution < -0.4 is 0 Å². The molecule has 0 aromatic heterocycles. The van der Waals surface area contributed by atoms with E-state index in [9.17, 15) is 0 Å². The lowest BCUT2D eigenvalue weighted by Gasteiger charge is -2.38. The quantitative estimate of drug-likeness (QED) is 0.301. The lowest BCUT2D eigenvalue weighted by Crippen LogP contribution is -2.53. The van der Waals surface area contributed by atoms with Gasteiger partial charge in [-0.1, -0.05) is 18.9 Å². The third-order valence-corrected chi connectivity index (χ3v) is 13.6. The maximum Gasteiger partial charge on any atom is 0.322 e. The van der Waals surface area contributed by atoms with Crippen molar-refractivity contribution in [1.29, 1.82) is 0 Å². The second-order valence-electron chi connectivity index (χ2n) is 6.73. The highest BCUT2D eigenvalue weighted by Gasteiger charge is 2.40. The van der Waals surface area contributed by atoms with Crippen molar-refractivity contribution in [3.05, 3.63) is 12.7 Å². The molecule has 0 aliphatic heterocycles. The topological polar surface area (TPSA) is 27.7 Å². The fraction of sp³-hybridized carbons (Fsp3) is 0.857. The van der Waals surface area contributed by atoms with Gasteiger partial charge in [0.1, 0.15) is 0 Å². The molecule has 20 heavy (non-hydrogen) atoms. The summed E-state index contributed by atoms with van der Waals surface area (Å²) in [6.07, 6.45) is 5.53. The molecule has 0 saturated heterocycles. The van der Waals surface area contributed by atoms with E-state index < -0.39 is 25.4 Å². The van der Waals surface area contributed by atoms with Gasteiger partial charge < -0.3 is 12.7 Å². The molecule has 0 spiro atoms. The minimum atomic E-state index is -2.10. The number of unbranched alkanes of at least 4 members (excludes halogenated alkanes) is 2. The number of hydrogen-bond donors (Lipinski definition) is 0. The molecule has 0 unspecified atom stereocenters. The lowest BCUT2D eigenvalue weighted by atomic mass is 10.2. The van der Waals surface area contributed by atoms with E-state index in [1.54, 1.807) is 0 Å². The molecule has 0 aliphatic rings. The van der Waals surface area contributed by atoms with Crippen LogP contribution >= 0.6 is 0 Å². The van der Waals surface area contributed by atoms with Crippen LogP contribution in [0.2, 0.25) is 45.3 Å². The van der Waals surface area contributed by atoms with Gasteiger partial charge in [0.25, 0.3) is 0 Å². The van der Waals surface area contributed by atoms with E-state index in [1.165, 1.54) is 18.9 Å². The van der Waals surface area contributed by atoms with Gasteiger partial charge in [0.15, 0.2) is 8.32 Å². The van der Waals surface area contributed by atoms with Crippen LogP contribution in [0.1, 0.15) is 26.2 Å². The van der Waals surface area contributed by atoms with E-state index in [2.05, 4.69) is 45.9 Å². The highest BCUT2D eigenvalue weighted by molar-refractivity contribution is 6.86. The molecule has 0 atom stereocenters. The monoisotopic (exact) mass is 334 g/mol. The normalized spacial score (nSPS) is 13.6. The minimum Gasteiger partial charge on any atom is -0.436 e. The Morgan fingerprint density at radius 2 is 1.50 bits per heavy atom. The molecule has 0 saturated carbocycles. The van der Waals surface area contributed by atoms with Crippen LogP contribution in [0.25, 0.3) is 0 Å². The van der Waals surface area contributed by atoms with E-state index >= 15 is 0 Å². The van der Waals surface area contributed by atoms with Crippen LogP contribution in [0.3, 0.4) is 0 Å². The predicted molar refractivity (Wildman–Crippen MR) is 95.1 cm³/mol. The first-order valence-electron chi connectivity index (χ1n) is 7.69. The van der Waals surface area contributed by atoms with E-state index in [0.717, 1.165) is 6.42 Å². The molecule has 0 aromatic carbocycles. The first kappa shape index (κ1) is 20.3. The molecule has 0 amide bonds. The summed E-state index contributed by atoms with van der Waals surface area (Å²) in [5.74, 6) is 0. The molecule has 0 aliphatic carbocycles. The Labute approximate surface area is 129 Å². The Kier molecular flexibility index (Phi) is 8.77. The largest absolute Gasteiger partial charge is 0.436 e. The molecule has 0 radical (unpaired) electrons. The van der Waals surface area contributed by atoms with Gasteiger partial charge in [0, 0.05) is 6.61 Å². The molecule has 0 fully saturated rings. The zero-order valence-electron chi connectivity index (χ0n) is 14.5. The van der Waals surface area contributed by atoms with Gasteiger partial charge in [0.05, 0.1) is 0 Å².